The number of hydrogen-bond donors (Lipinski definition) is 1. The van der Waals surface area contributed by atoms with Crippen LogP contribution in [0.3, 0.4) is 0 Å². The summed E-state index contributed by atoms with van der Waals surface area (Å²) in [6.07, 6.45) is 0. The number of para-hydroxylation sites is 1. The van der Waals surface area contributed by atoms with E-state index in [2.05, 4.69) is 15.5 Å². The van der Waals surface area contributed by atoms with Gasteiger partial charge in [0, 0.05) is 17.8 Å². The zero-order chi connectivity index (χ0) is 17.8. The highest BCUT2D eigenvalue weighted by Gasteiger charge is 2.14. The molecule has 25 heavy (non-hydrogen) atoms. The summed E-state index contributed by atoms with van der Waals surface area (Å²) in [6.45, 7) is 2.12. The summed E-state index contributed by atoms with van der Waals surface area (Å²) in [7, 11) is 1.58. The van der Waals surface area contributed by atoms with Crippen LogP contribution in [0.4, 0.5) is 11.4 Å². The molecule has 8 heteroatoms. The lowest BCUT2D eigenvalue weighted by Crippen LogP contribution is -2.02. The Morgan fingerprint density at radius 3 is 2.84 bits per heavy atom. The van der Waals surface area contributed by atoms with Crippen LogP contribution >= 0.6 is 0 Å². The smallest absolute Gasteiger partial charge is 0.271 e. The van der Waals surface area contributed by atoms with Gasteiger partial charge in [0.2, 0.25) is 11.7 Å². The minimum atomic E-state index is -0.433. The van der Waals surface area contributed by atoms with E-state index in [9.17, 15) is 10.1 Å². The second-order valence-corrected chi connectivity index (χ2v) is 5.32. The Morgan fingerprint density at radius 1 is 1.28 bits per heavy atom. The van der Waals surface area contributed by atoms with Crippen LogP contribution in [0.15, 0.2) is 47.0 Å². The number of nitro benzene ring substituents is 1. The summed E-state index contributed by atoms with van der Waals surface area (Å²) in [6, 6.07) is 12.0. The minimum Gasteiger partial charge on any atom is -0.496 e. The summed E-state index contributed by atoms with van der Waals surface area (Å²) in [5, 5.41) is 17.9. The molecule has 1 heterocycles. The molecule has 0 unspecified atom stereocenters. The number of anilines is 1. The molecule has 0 spiro atoms. The molecule has 3 rings (SSSR count). The Bertz CT molecular complexity index is 907. The molecule has 1 aromatic heterocycles. The molecule has 0 saturated carbocycles. The molecule has 0 bridgehead atoms. The molecule has 0 saturated heterocycles. The topological polar surface area (TPSA) is 103 Å². The molecular formula is C17H16N4O4. The largest absolute Gasteiger partial charge is 0.496 e. The van der Waals surface area contributed by atoms with Gasteiger partial charge in [-0.1, -0.05) is 23.4 Å². The fraction of sp³-hybridized carbons (Fsp3) is 0.176. The molecule has 2 aromatic carbocycles. The van der Waals surface area contributed by atoms with Crippen LogP contribution in [0, 0.1) is 17.0 Å². The Kier molecular flexibility index (Phi) is 4.60. The van der Waals surface area contributed by atoms with Crippen molar-refractivity contribution in [3.63, 3.8) is 0 Å². The van der Waals surface area contributed by atoms with E-state index in [1.807, 2.05) is 31.2 Å². The molecule has 0 atom stereocenters. The Labute approximate surface area is 143 Å². The number of hydrogen-bond acceptors (Lipinski definition) is 7. The predicted molar refractivity (Wildman–Crippen MR) is 91.4 cm³/mol. The van der Waals surface area contributed by atoms with E-state index in [0.717, 1.165) is 11.1 Å². The van der Waals surface area contributed by atoms with E-state index in [4.69, 9.17) is 9.26 Å². The quantitative estimate of drug-likeness (QED) is 0.540. The number of ether oxygens (including phenoxy) is 1. The van der Waals surface area contributed by atoms with E-state index < -0.39 is 4.92 Å². The van der Waals surface area contributed by atoms with Gasteiger partial charge in [-0.2, -0.15) is 4.98 Å². The average Bonchev–Trinajstić information content (AvgIpc) is 3.09. The van der Waals surface area contributed by atoms with Gasteiger partial charge >= 0.3 is 0 Å². The molecule has 1 N–H and O–H groups in total. The summed E-state index contributed by atoms with van der Waals surface area (Å²) in [4.78, 5) is 14.8. The zero-order valence-electron chi connectivity index (χ0n) is 13.7. The van der Waals surface area contributed by atoms with Gasteiger partial charge in [0.1, 0.15) is 5.75 Å². The van der Waals surface area contributed by atoms with E-state index in [1.165, 1.54) is 12.1 Å². The molecule has 0 aliphatic rings. The van der Waals surface area contributed by atoms with Crippen molar-refractivity contribution in [3.05, 3.63) is 64.0 Å². The second kappa shape index (κ2) is 7.00. The highest BCUT2D eigenvalue weighted by Crippen LogP contribution is 2.27. The maximum atomic E-state index is 10.9. The van der Waals surface area contributed by atoms with E-state index in [1.54, 1.807) is 13.2 Å². The van der Waals surface area contributed by atoms with E-state index in [-0.39, 0.29) is 12.2 Å². The first-order valence-corrected chi connectivity index (χ1v) is 7.53. The molecule has 0 aliphatic heterocycles. The normalized spacial score (nSPS) is 10.5. The lowest BCUT2D eigenvalue weighted by molar-refractivity contribution is -0.384. The van der Waals surface area contributed by atoms with Gasteiger partial charge in [0.25, 0.3) is 5.69 Å². The Balaban J connectivity index is 1.76. The fourth-order valence-corrected chi connectivity index (χ4v) is 2.35. The van der Waals surface area contributed by atoms with Crippen molar-refractivity contribution in [3.8, 4) is 17.1 Å². The third kappa shape index (κ3) is 3.57. The molecule has 0 amide bonds. The van der Waals surface area contributed by atoms with Gasteiger partial charge in [0.15, 0.2) is 0 Å². The van der Waals surface area contributed by atoms with Crippen molar-refractivity contribution in [2.45, 2.75) is 13.5 Å². The minimum absolute atomic E-state index is 0.0216. The molecule has 128 valence electrons. The molecule has 0 aliphatic carbocycles. The summed E-state index contributed by atoms with van der Waals surface area (Å²) < 4.78 is 10.5. The van der Waals surface area contributed by atoms with Crippen molar-refractivity contribution >= 4 is 11.4 Å². The van der Waals surface area contributed by atoms with Crippen molar-refractivity contribution < 1.29 is 14.2 Å². The van der Waals surface area contributed by atoms with E-state index >= 15 is 0 Å². The highest BCUT2D eigenvalue weighted by atomic mass is 16.6. The first-order valence-electron chi connectivity index (χ1n) is 7.53. The number of nitrogens with zero attached hydrogens (tertiary/aromatic N) is 3. The third-order valence-electron chi connectivity index (χ3n) is 3.68. The molecular weight excluding hydrogens is 324 g/mol. The maximum Gasteiger partial charge on any atom is 0.271 e. The standard InChI is InChI=1S/C17H16N4O4/c1-11-7-8-12(21(22)23)9-14(11)18-10-16-19-17(20-25-16)13-5-3-4-6-15(13)24-2/h3-9,18H,10H2,1-2H3. The SMILES string of the molecule is COc1ccccc1-c1noc(CNc2cc([N+](=O)[O-])ccc2C)n1. The first kappa shape index (κ1) is 16.4. The zero-order valence-corrected chi connectivity index (χ0v) is 13.7. The Hall–Kier alpha value is -3.42. The van der Waals surface area contributed by atoms with Crippen LogP contribution in [-0.2, 0) is 6.54 Å². The van der Waals surface area contributed by atoms with Crippen molar-refractivity contribution in [1.82, 2.24) is 10.1 Å². The number of benzene rings is 2. The lowest BCUT2D eigenvalue weighted by atomic mass is 10.2. The van der Waals surface area contributed by atoms with Crippen LogP contribution in [0.5, 0.6) is 5.75 Å². The van der Waals surface area contributed by atoms with Crippen molar-refractivity contribution in [1.29, 1.82) is 0 Å². The number of nitrogens with one attached hydrogen (secondary N) is 1. The number of non-ortho nitro benzene ring substituents is 1. The van der Waals surface area contributed by atoms with E-state index in [0.29, 0.717) is 23.2 Å². The lowest BCUT2D eigenvalue weighted by Gasteiger charge is -2.06. The van der Waals surface area contributed by atoms with Gasteiger partial charge in [-0.05, 0) is 24.6 Å². The molecule has 8 nitrogen and oxygen atoms in total. The van der Waals surface area contributed by atoms with Gasteiger partial charge in [-0.3, -0.25) is 10.1 Å². The average molecular weight is 340 g/mol. The van der Waals surface area contributed by atoms with Gasteiger partial charge in [-0.15, -0.1) is 0 Å². The number of aryl methyl sites for hydroxylation is 1. The number of methoxy groups -OCH3 is 1. The predicted octanol–water partition coefficient (Wildman–Crippen LogP) is 3.57. The van der Waals surface area contributed by atoms with Crippen LogP contribution in [0.2, 0.25) is 0 Å². The second-order valence-electron chi connectivity index (χ2n) is 5.32. The van der Waals surface area contributed by atoms with Gasteiger partial charge in [-0.25, -0.2) is 0 Å². The van der Waals surface area contributed by atoms with Gasteiger partial charge in [0.05, 0.1) is 24.1 Å². The molecule has 0 radical (unpaired) electrons. The third-order valence-corrected chi connectivity index (χ3v) is 3.68. The van der Waals surface area contributed by atoms with Crippen molar-refractivity contribution in [2.24, 2.45) is 0 Å². The van der Waals surface area contributed by atoms with Crippen LogP contribution in [-0.4, -0.2) is 22.2 Å². The highest BCUT2D eigenvalue weighted by molar-refractivity contribution is 5.63. The maximum absolute atomic E-state index is 10.9. The van der Waals surface area contributed by atoms with Crippen LogP contribution in [0.1, 0.15) is 11.5 Å². The molecule has 3 aromatic rings. The van der Waals surface area contributed by atoms with Crippen LogP contribution < -0.4 is 10.1 Å². The Morgan fingerprint density at radius 2 is 2.08 bits per heavy atom. The number of nitro groups is 1. The fourth-order valence-electron chi connectivity index (χ4n) is 2.35. The summed E-state index contributed by atoms with van der Waals surface area (Å²) >= 11 is 0. The van der Waals surface area contributed by atoms with Crippen molar-refractivity contribution in [2.75, 3.05) is 12.4 Å². The number of rotatable bonds is 6. The molecule has 0 fully saturated rings. The first-order chi connectivity index (χ1) is 12.1. The summed E-state index contributed by atoms with van der Waals surface area (Å²) in [5.41, 5.74) is 2.28. The number of aromatic nitrogens is 2. The monoisotopic (exact) mass is 340 g/mol. The van der Waals surface area contributed by atoms with Gasteiger partial charge < -0.3 is 14.6 Å². The van der Waals surface area contributed by atoms with Crippen LogP contribution in [0.25, 0.3) is 11.4 Å². The summed E-state index contributed by atoms with van der Waals surface area (Å²) in [5.74, 6) is 1.44.